The Kier molecular flexibility index (Phi) is 4.89. The highest BCUT2D eigenvalue weighted by atomic mass is 17.2. The van der Waals surface area contributed by atoms with E-state index < -0.39 is 0 Å². The van der Waals surface area contributed by atoms with Gasteiger partial charge in [-0.15, -0.1) is 0 Å². The maximum atomic E-state index is 4.73. The Balaban J connectivity index is 3.07. The smallest absolute Gasteiger partial charge is 0.0756 e. The Morgan fingerprint density at radius 3 is 1.88 bits per heavy atom. The van der Waals surface area contributed by atoms with E-state index in [1.165, 1.54) is 14.2 Å². The molecule has 0 saturated heterocycles. The van der Waals surface area contributed by atoms with Crippen LogP contribution in [0.15, 0.2) is 0 Å². The lowest BCUT2D eigenvalue weighted by Crippen LogP contribution is -2.27. The molecule has 0 aromatic heterocycles. The second-order valence-corrected chi connectivity index (χ2v) is 1.01. The van der Waals surface area contributed by atoms with Crippen LogP contribution in [0.3, 0.4) is 0 Å². The summed E-state index contributed by atoms with van der Waals surface area (Å²) < 4.78 is 0. The van der Waals surface area contributed by atoms with Crippen LogP contribution in [-0.4, -0.2) is 20.8 Å². The standard InChI is InChI=1S/C4H11NO3/c1-4-8-5(6-2)7-3/h4H2,1-3H3/q+1. The number of hydrogen-bond acceptors (Lipinski definition) is 4. The van der Waals surface area contributed by atoms with E-state index in [-0.39, 0.29) is 0 Å². The Labute approximate surface area is 48.8 Å². The van der Waals surface area contributed by atoms with E-state index in [4.69, 9.17) is 4.84 Å². The molecule has 4 nitrogen and oxygen atoms in total. The molecule has 0 heterocycles. The van der Waals surface area contributed by atoms with Gasteiger partial charge in [0, 0.05) is 0 Å². The topological polar surface area (TPSA) is 33.6 Å². The highest BCUT2D eigenvalue weighted by Crippen LogP contribution is 1.82. The molecule has 0 aromatic rings. The van der Waals surface area contributed by atoms with Crippen LogP contribution in [0.5, 0.6) is 0 Å². The van der Waals surface area contributed by atoms with Crippen molar-refractivity contribution in [2.24, 2.45) is 0 Å². The van der Waals surface area contributed by atoms with Gasteiger partial charge in [-0.25, -0.2) is 0 Å². The van der Waals surface area contributed by atoms with E-state index in [1.54, 1.807) is 0 Å². The minimum atomic E-state index is 0.529. The lowest BCUT2D eigenvalue weighted by molar-refractivity contribution is -0.417. The summed E-state index contributed by atoms with van der Waals surface area (Å²) in [7, 11) is 2.92. The number of rotatable bonds is 4. The molecule has 0 fully saturated rings. The first kappa shape index (κ1) is 7.84. The molecule has 4 heteroatoms. The van der Waals surface area contributed by atoms with Gasteiger partial charge in [0.25, 0.3) is 0 Å². The van der Waals surface area contributed by atoms with Gasteiger partial charge in [0.1, 0.15) is 20.8 Å². The van der Waals surface area contributed by atoms with Crippen LogP contribution in [0, 0.1) is 0 Å². The van der Waals surface area contributed by atoms with Crippen molar-refractivity contribution in [3.8, 4) is 0 Å². The van der Waals surface area contributed by atoms with Crippen LogP contribution < -0.4 is 5.39 Å². The van der Waals surface area contributed by atoms with Gasteiger partial charge in [-0.3, -0.25) is 0 Å². The fourth-order valence-electron chi connectivity index (χ4n) is 0.285. The molecular weight excluding hydrogens is 110 g/mol. The van der Waals surface area contributed by atoms with Crippen molar-refractivity contribution in [3.05, 3.63) is 0 Å². The summed E-state index contributed by atoms with van der Waals surface area (Å²) >= 11 is 0. The summed E-state index contributed by atoms with van der Waals surface area (Å²) in [5.41, 5.74) is 0. The number of nitrogens with zero attached hydrogens (tertiary/aromatic N) is 1. The Morgan fingerprint density at radius 1 is 1.25 bits per heavy atom. The Hall–Kier alpha value is -0.160. The molecule has 1 radical (unpaired) electrons. The minimum Gasteiger partial charge on any atom is -0.0756 e. The maximum Gasteiger partial charge on any atom is 0.352 e. The average Bonchev–Trinajstić information content (AvgIpc) is 1.83. The molecule has 0 amide bonds. The van der Waals surface area contributed by atoms with E-state index >= 15 is 0 Å². The van der Waals surface area contributed by atoms with Crippen LogP contribution in [0.4, 0.5) is 0 Å². The SMILES string of the molecule is CCO[N+](OC)OC. The normalized spacial score (nSPS) is 10.5. The molecule has 0 N–H and O–H groups in total. The molecule has 49 valence electrons. The van der Waals surface area contributed by atoms with Crippen LogP contribution in [0.2, 0.25) is 0 Å². The maximum absolute atomic E-state index is 4.73. The molecule has 0 aliphatic heterocycles. The highest BCUT2D eigenvalue weighted by molar-refractivity contribution is 3.99. The van der Waals surface area contributed by atoms with Gasteiger partial charge in [-0.1, -0.05) is 14.5 Å². The van der Waals surface area contributed by atoms with Gasteiger partial charge in [0.15, 0.2) is 0 Å². The van der Waals surface area contributed by atoms with E-state index in [0.717, 1.165) is 5.39 Å². The van der Waals surface area contributed by atoms with E-state index in [9.17, 15) is 0 Å². The zero-order chi connectivity index (χ0) is 6.41. The molecule has 0 aromatic carbocycles. The van der Waals surface area contributed by atoms with Crippen LogP contribution >= 0.6 is 0 Å². The largest absolute Gasteiger partial charge is 0.352 e. The van der Waals surface area contributed by atoms with Gasteiger partial charge >= 0.3 is 5.39 Å². The predicted octanol–water partition coefficient (Wildman–Crippen LogP) is 0.201. The third kappa shape index (κ3) is 2.92. The zero-order valence-electron chi connectivity index (χ0n) is 5.38. The van der Waals surface area contributed by atoms with E-state index in [1.807, 2.05) is 6.92 Å². The summed E-state index contributed by atoms with van der Waals surface area (Å²) in [6.45, 7) is 2.37. The summed E-state index contributed by atoms with van der Waals surface area (Å²) in [6, 6.07) is 0. The van der Waals surface area contributed by atoms with Gasteiger partial charge in [0.05, 0.1) is 0 Å². The van der Waals surface area contributed by atoms with Crippen LogP contribution in [0.1, 0.15) is 6.92 Å². The summed E-state index contributed by atoms with van der Waals surface area (Å²) in [6.07, 6.45) is 0. The monoisotopic (exact) mass is 121 g/mol. The van der Waals surface area contributed by atoms with Crippen molar-refractivity contribution in [2.45, 2.75) is 6.92 Å². The van der Waals surface area contributed by atoms with Gasteiger partial charge in [0.2, 0.25) is 0 Å². The number of hydrogen-bond donors (Lipinski definition) is 0. The van der Waals surface area contributed by atoms with Crippen molar-refractivity contribution in [1.29, 1.82) is 0 Å². The van der Waals surface area contributed by atoms with Crippen LogP contribution in [-0.2, 0) is 14.5 Å². The molecule has 0 spiro atoms. The molecule has 8 heavy (non-hydrogen) atoms. The first-order chi connectivity index (χ1) is 3.85. The van der Waals surface area contributed by atoms with Crippen molar-refractivity contribution < 1.29 is 14.5 Å². The van der Waals surface area contributed by atoms with E-state index in [2.05, 4.69) is 9.68 Å². The fourth-order valence-corrected chi connectivity index (χ4v) is 0.285. The van der Waals surface area contributed by atoms with E-state index in [0.29, 0.717) is 6.61 Å². The Bertz CT molecular complexity index is 46.5. The van der Waals surface area contributed by atoms with Crippen molar-refractivity contribution in [1.82, 2.24) is 5.39 Å². The van der Waals surface area contributed by atoms with Crippen molar-refractivity contribution >= 4 is 0 Å². The lowest BCUT2D eigenvalue weighted by atomic mass is 10.9. The van der Waals surface area contributed by atoms with Crippen LogP contribution in [0.25, 0.3) is 0 Å². The molecule has 0 aliphatic rings. The highest BCUT2D eigenvalue weighted by Gasteiger charge is 2.15. The summed E-state index contributed by atoms with van der Waals surface area (Å²) in [5, 5.41) is 0.931. The van der Waals surface area contributed by atoms with Gasteiger partial charge in [-0.2, -0.15) is 0 Å². The van der Waals surface area contributed by atoms with Gasteiger partial charge < -0.3 is 0 Å². The molecule has 0 atom stereocenters. The molecule has 0 saturated carbocycles. The first-order valence-electron chi connectivity index (χ1n) is 2.36. The third-order valence-electron chi connectivity index (χ3n) is 0.533. The quantitative estimate of drug-likeness (QED) is 0.498. The fraction of sp³-hybridized carbons (Fsp3) is 1.00. The van der Waals surface area contributed by atoms with Crippen molar-refractivity contribution in [2.75, 3.05) is 20.8 Å². The predicted molar refractivity (Wildman–Crippen MR) is 27.8 cm³/mol. The lowest BCUT2D eigenvalue weighted by Gasteiger charge is -1.93. The summed E-state index contributed by atoms with van der Waals surface area (Å²) in [4.78, 5) is 13.8. The minimum absolute atomic E-state index is 0.529. The molecule has 0 aliphatic carbocycles. The van der Waals surface area contributed by atoms with Crippen molar-refractivity contribution in [3.63, 3.8) is 0 Å². The molecule has 0 rings (SSSR count). The second kappa shape index (κ2) is 4.99. The first-order valence-corrected chi connectivity index (χ1v) is 2.36. The molecule has 0 unspecified atom stereocenters. The Morgan fingerprint density at radius 2 is 1.75 bits per heavy atom. The average molecular weight is 121 g/mol. The zero-order valence-corrected chi connectivity index (χ0v) is 5.38. The second-order valence-electron chi connectivity index (χ2n) is 1.01. The van der Waals surface area contributed by atoms with Gasteiger partial charge in [-0.05, 0) is 6.92 Å². The summed E-state index contributed by atoms with van der Waals surface area (Å²) in [5.74, 6) is 0. The third-order valence-corrected chi connectivity index (χ3v) is 0.533. The molecular formula is C4H11NO3+. The molecule has 0 bridgehead atoms.